The lowest BCUT2D eigenvalue weighted by Gasteiger charge is -2.38. The first-order valence-corrected chi connectivity index (χ1v) is 10.9. The minimum absolute atomic E-state index is 0.104. The van der Waals surface area contributed by atoms with E-state index in [-0.39, 0.29) is 12.7 Å². The normalized spacial score (nSPS) is 14.3. The van der Waals surface area contributed by atoms with E-state index in [2.05, 4.69) is 25.2 Å². The van der Waals surface area contributed by atoms with E-state index >= 15 is 0 Å². The predicted molar refractivity (Wildman–Crippen MR) is 125 cm³/mol. The van der Waals surface area contributed by atoms with Crippen molar-refractivity contribution in [1.82, 2.24) is 24.3 Å². The van der Waals surface area contributed by atoms with Gasteiger partial charge in [-0.3, -0.25) is 9.30 Å². The van der Waals surface area contributed by atoms with E-state index in [0.717, 1.165) is 30.2 Å². The van der Waals surface area contributed by atoms with Gasteiger partial charge in [-0.2, -0.15) is 0 Å². The topological polar surface area (TPSA) is 97.0 Å². The first-order valence-electron chi connectivity index (χ1n) is 10.5. The number of ether oxygens (including phenoxy) is 2. The number of aliphatic hydroxyl groups is 1. The van der Waals surface area contributed by atoms with Gasteiger partial charge < -0.3 is 19.9 Å². The number of nitrogens with one attached hydrogen (secondary N) is 1. The number of aromatic nitrogens is 4. The van der Waals surface area contributed by atoms with Crippen molar-refractivity contribution >= 4 is 28.9 Å². The van der Waals surface area contributed by atoms with Crippen LogP contribution < -0.4 is 14.8 Å². The quantitative estimate of drug-likeness (QED) is 0.408. The second-order valence-electron chi connectivity index (χ2n) is 7.67. The number of aliphatic hydroxyl groups excluding tert-OH is 1. The van der Waals surface area contributed by atoms with Crippen molar-refractivity contribution < 1.29 is 14.6 Å². The molecule has 4 aromatic rings. The molecule has 4 heterocycles. The van der Waals surface area contributed by atoms with E-state index in [0.29, 0.717) is 34.6 Å². The van der Waals surface area contributed by atoms with E-state index in [9.17, 15) is 0 Å². The average molecular weight is 467 g/mol. The third-order valence-electron chi connectivity index (χ3n) is 5.47. The molecule has 1 aliphatic heterocycles. The number of likely N-dealkylation sites (tertiary alicyclic amines) is 1. The minimum Gasteiger partial charge on any atom is -0.494 e. The molecule has 0 amide bonds. The van der Waals surface area contributed by atoms with Gasteiger partial charge in [-0.15, -0.1) is 0 Å². The molecule has 0 spiro atoms. The Bertz CT molecular complexity index is 1270. The Morgan fingerprint density at radius 3 is 2.88 bits per heavy atom. The molecule has 0 bridgehead atoms. The maximum Gasteiger partial charge on any atom is 0.227 e. The highest BCUT2D eigenvalue weighted by molar-refractivity contribution is 6.32. The van der Waals surface area contributed by atoms with E-state index in [1.54, 1.807) is 19.5 Å². The lowest BCUT2D eigenvalue weighted by atomic mass is 10.1. The van der Waals surface area contributed by atoms with Gasteiger partial charge in [0, 0.05) is 31.9 Å². The Kier molecular flexibility index (Phi) is 5.99. The van der Waals surface area contributed by atoms with Crippen LogP contribution in [0.5, 0.6) is 11.5 Å². The third kappa shape index (κ3) is 4.43. The van der Waals surface area contributed by atoms with Crippen molar-refractivity contribution in [2.75, 3.05) is 38.7 Å². The summed E-state index contributed by atoms with van der Waals surface area (Å²) in [6.07, 6.45) is 5.32. The fourth-order valence-corrected chi connectivity index (χ4v) is 3.98. The van der Waals surface area contributed by atoms with Crippen LogP contribution in [-0.4, -0.2) is 68.8 Å². The van der Waals surface area contributed by atoms with Crippen molar-refractivity contribution in [3.05, 3.63) is 60.0 Å². The lowest BCUT2D eigenvalue weighted by Crippen LogP contribution is -2.54. The zero-order chi connectivity index (χ0) is 22.8. The highest BCUT2D eigenvalue weighted by Gasteiger charge is 2.28. The molecule has 170 valence electrons. The number of halogens is 1. The van der Waals surface area contributed by atoms with Crippen LogP contribution in [0.15, 0.2) is 55.0 Å². The number of hydrogen-bond donors (Lipinski definition) is 2. The third-order valence-corrected chi connectivity index (χ3v) is 5.74. The molecule has 0 radical (unpaired) electrons. The van der Waals surface area contributed by atoms with Gasteiger partial charge >= 0.3 is 0 Å². The summed E-state index contributed by atoms with van der Waals surface area (Å²) >= 11 is 6.42. The van der Waals surface area contributed by atoms with Crippen molar-refractivity contribution in [2.45, 2.75) is 6.10 Å². The number of rotatable bonds is 8. The van der Waals surface area contributed by atoms with Gasteiger partial charge in [0.15, 0.2) is 0 Å². The number of anilines is 2. The Morgan fingerprint density at radius 1 is 1.18 bits per heavy atom. The van der Waals surface area contributed by atoms with Gasteiger partial charge in [0.1, 0.15) is 28.9 Å². The maximum atomic E-state index is 9.00. The zero-order valence-corrected chi connectivity index (χ0v) is 18.7. The Balaban J connectivity index is 1.35. The largest absolute Gasteiger partial charge is 0.494 e. The fraction of sp³-hybridized carbons (Fsp3) is 0.261. The summed E-state index contributed by atoms with van der Waals surface area (Å²) in [4.78, 5) is 15.5. The SMILES string of the molecule is COc1cc(OC2CN(CCO)C2)ccc1Nc1ncc(Cl)c(-c2cnc3ccccn23)n1. The summed E-state index contributed by atoms with van der Waals surface area (Å²) in [5, 5.41) is 12.6. The Hall–Kier alpha value is -3.40. The molecule has 9 nitrogen and oxygen atoms in total. The maximum absolute atomic E-state index is 9.00. The molecule has 33 heavy (non-hydrogen) atoms. The average Bonchev–Trinajstić information content (AvgIpc) is 3.24. The van der Waals surface area contributed by atoms with Gasteiger partial charge in [-0.25, -0.2) is 15.0 Å². The van der Waals surface area contributed by atoms with Crippen LogP contribution in [0.4, 0.5) is 11.6 Å². The number of nitrogens with zero attached hydrogens (tertiary/aromatic N) is 5. The molecule has 3 aromatic heterocycles. The summed E-state index contributed by atoms with van der Waals surface area (Å²) in [6.45, 7) is 2.43. The highest BCUT2D eigenvalue weighted by Crippen LogP contribution is 2.33. The zero-order valence-electron chi connectivity index (χ0n) is 18.0. The Labute approximate surface area is 195 Å². The summed E-state index contributed by atoms with van der Waals surface area (Å²) in [5.41, 5.74) is 2.85. The standard InChI is InChI=1S/C23H23ClN6O3/c1-32-20-10-15(33-16-13-29(14-16)8-9-31)5-6-18(20)27-23-26-11-17(24)22(28-23)19-12-25-21-4-2-3-7-30(19)21/h2-7,10-12,16,31H,8-9,13-14H2,1H3,(H,26,27,28). The first kappa shape index (κ1) is 21.4. The molecule has 0 unspecified atom stereocenters. The molecule has 2 N–H and O–H groups in total. The van der Waals surface area contributed by atoms with Crippen LogP contribution in [-0.2, 0) is 0 Å². The van der Waals surface area contributed by atoms with Gasteiger partial charge in [0.25, 0.3) is 0 Å². The molecular weight excluding hydrogens is 444 g/mol. The van der Waals surface area contributed by atoms with Gasteiger partial charge in [0.2, 0.25) is 5.95 Å². The van der Waals surface area contributed by atoms with E-state index in [1.807, 2.05) is 47.0 Å². The first-order chi connectivity index (χ1) is 16.1. The molecule has 0 saturated carbocycles. The van der Waals surface area contributed by atoms with E-state index in [4.69, 9.17) is 26.2 Å². The Morgan fingerprint density at radius 2 is 2.06 bits per heavy atom. The molecule has 0 aliphatic carbocycles. The van der Waals surface area contributed by atoms with E-state index < -0.39 is 0 Å². The number of fused-ring (bicyclic) bond motifs is 1. The molecule has 1 fully saturated rings. The minimum atomic E-state index is 0.104. The van der Waals surface area contributed by atoms with Gasteiger partial charge in [-0.1, -0.05) is 17.7 Å². The molecular formula is C23H23ClN6O3. The highest BCUT2D eigenvalue weighted by atomic mass is 35.5. The van der Waals surface area contributed by atoms with Crippen molar-refractivity contribution in [3.63, 3.8) is 0 Å². The summed E-state index contributed by atoms with van der Waals surface area (Å²) < 4.78 is 13.5. The molecule has 1 saturated heterocycles. The number of methoxy groups -OCH3 is 1. The van der Waals surface area contributed by atoms with Crippen molar-refractivity contribution in [3.8, 4) is 22.9 Å². The molecule has 5 rings (SSSR count). The van der Waals surface area contributed by atoms with Crippen molar-refractivity contribution in [2.24, 2.45) is 0 Å². The lowest BCUT2D eigenvalue weighted by molar-refractivity contribution is 0.0106. The molecule has 1 aromatic carbocycles. The smallest absolute Gasteiger partial charge is 0.227 e. The van der Waals surface area contributed by atoms with Crippen molar-refractivity contribution in [1.29, 1.82) is 0 Å². The summed E-state index contributed by atoms with van der Waals surface area (Å²) in [6, 6.07) is 11.3. The number of imidazole rings is 1. The van der Waals surface area contributed by atoms with Gasteiger partial charge in [-0.05, 0) is 24.3 Å². The van der Waals surface area contributed by atoms with Crippen LogP contribution in [0.1, 0.15) is 0 Å². The monoisotopic (exact) mass is 466 g/mol. The number of pyridine rings is 1. The number of β-amino-alcohol motifs (C(OH)–C–C–N with tert-alkyl or cyclic N) is 1. The van der Waals surface area contributed by atoms with Crippen LogP contribution >= 0.6 is 11.6 Å². The number of benzene rings is 1. The summed E-state index contributed by atoms with van der Waals surface area (Å²) in [7, 11) is 1.60. The second-order valence-corrected chi connectivity index (χ2v) is 8.08. The molecule has 0 atom stereocenters. The second kappa shape index (κ2) is 9.22. The van der Waals surface area contributed by atoms with Crippen LogP contribution in [0, 0.1) is 0 Å². The molecule has 1 aliphatic rings. The number of hydrogen-bond acceptors (Lipinski definition) is 8. The van der Waals surface area contributed by atoms with Crippen LogP contribution in [0.3, 0.4) is 0 Å². The van der Waals surface area contributed by atoms with Crippen LogP contribution in [0.2, 0.25) is 5.02 Å². The summed E-state index contributed by atoms with van der Waals surface area (Å²) in [5.74, 6) is 1.70. The fourth-order valence-electron chi connectivity index (χ4n) is 3.80. The van der Waals surface area contributed by atoms with Crippen LogP contribution in [0.25, 0.3) is 17.0 Å². The predicted octanol–water partition coefficient (Wildman–Crippen LogP) is 3.25. The van der Waals surface area contributed by atoms with E-state index in [1.165, 1.54) is 0 Å². The molecule has 10 heteroatoms. The van der Waals surface area contributed by atoms with Gasteiger partial charge in [0.05, 0.1) is 42.5 Å².